The molecular formula is C10H17N. The van der Waals surface area contributed by atoms with Gasteiger partial charge in [0.25, 0.3) is 0 Å². The van der Waals surface area contributed by atoms with Crippen LogP contribution < -0.4 is 0 Å². The highest BCUT2D eigenvalue weighted by molar-refractivity contribution is 4.93. The smallest absolute Gasteiger partial charge is 0.00125 e. The van der Waals surface area contributed by atoms with Gasteiger partial charge in [0, 0.05) is 13.1 Å². The minimum atomic E-state index is 1.10. The van der Waals surface area contributed by atoms with Crippen LogP contribution in [-0.2, 0) is 0 Å². The van der Waals surface area contributed by atoms with Gasteiger partial charge in [-0.3, -0.25) is 0 Å². The molecule has 0 aromatic carbocycles. The van der Waals surface area contributed by atoms with Crippen molar-refractivity contribution in [3.8, 4) is 0 Å². The van der Waals surface area contributed by atoms with Gasteiger partial charge in [-0.15, -0.1) is 0 Å². The summed E-state index contributed by atoms with van der Waals surface area (Å²) in [4.78, 5) is 2.71. The van der Waals surface area contributed by atoms with Crippen molar-refractivity contribution in [2.24, 2.45) is 17.8 Å². The van der Waals surface area contributed by atoms with Crippen LogP contribution in [-0.4, -0.2) is 24.5 Å². The van der Waals surface area contributed by atoms with Gasteiger partial charge in [-0.1, -0.05) is 0 Å². The molecule has 1 saturated carbocycles. The molecule has 0 amide bonds. The standard InChI is InChI=1S/C10H17N/c1-2-9-4-8-5-10(9)7-11(3-1)6-8/h8-10H,1-7H2/t8?,9-,10?/m1/s1. The van der Waals surface area contributed by atoms with E-state index < -0.39 is 0 Å². The molecule has 0 aromatic heterocycles. The summed E-state index contributed by atoms with van der Waals surface area (Å²) in [5.41, 5.74) is 0. The molecule has 0 spiro atoms. The molecule has 0 radical (unpaired) electrons. The molecule has 1 aliphatic carbocycles. The summed E-state index contributed by atoms with van der Waals surface area (Å²) in [6, 6.07) is 0. The lowest BCUT2D eigenvalue weighted by molar-refractivity contribution is 0.175. The summed E-state index contributed by atoms with van der Waals surface area (Å²) >= 11 is 0. The molecule has 1 heteroatoms. The van der Waals surface area contributed by atoms with Gasteiger partial charge in [-0.25, -0.2) is 0 Å². The molecule has 1 nitrogen and oxygen atoms in total. The quantitative estimate of drug-likeness (QED) is 0.509. The van der Waals surface area contributed by atoms with Crippen LogP contribution in [0.4, 0.5) is 0 Å². The number of nitrogens with zero attached hydrogens (tertiary/aromatic N) is 1. The van der Waals surface area contributed by atoms with Gasteiger partial charge in [0.2, 0.25) is 0 Å². The minimum absolute atomic E-state index is 1.10. The molecule has 3 aliphatic rings. The van der Waals surface area contributed by atoms with E-state index in [1.807, 2.05) is 0 Å². The molecule has 2 aliphatic heterocycles. The first kappa shape index (κ1) is 6.47. The summed E-state index contributed by atoms with van der Waals surface area (Å²) in [5.74, 6) is 3.34. The van der Waals surface area contributed by atoms with Gasteiger partial charge >= 0.3 is 0 Å². The first-order chi connectivity index (χ1) is 5.42. The summed E-state index contributed by atoms with van der Waals surface area (Å²) in [7, 11) is 0. The second-order valence-corrected chi connectivity index (χ2v) is 4.76. The Morgan fingerprint density at radius 2 is 1.91 bits per heavy atom. The van der Waals surface area contributed by atoms with E-state index >= 15 is 0 Å². The number of piperidine rings is 1. The van der Waals surface area contributed by atoms with Gasteiger partial charge < -0.3 is 4.90 Å². The highest BCUT2D eigenvalue weighted by Crippen LogP contribution is 2.44. The summed E-state index contributed by atoms with van der Waals surface area (Å²) in [6.07, 6.45) is 6.16. The maximum Gasteiger partial charge on any atom is 0.00125 e. The van der Waals surface area contributed by atoms with Crippen molar-refractivity contribution in [1.29, 1.82) is 0 Å². The zero-order valence-electron chi connectivity index (χ0n) is 7.13. The van der Waals surface area contributed by atoms with Gasteiger partial charge in [-0.05, 0) is 50.0 Å². The molecule has 11 heavy (non-hydrogen) atoms. The molecule has 3 fully saturated rings. The fourth-order valence-corrected chi connectivity index (χ4v) is 3.59. The van der Waals surface area contributed by atoms with E-state index in [2.05, 4.69) is 4.90 Å². The lowest BCUT2D eigenvalue weighted by Crippen LogP contribution is -2.36. The number of fused-ring (bicyclic) bond motifs is 2. The molecule has 0 N–H and O–H groups in total. The molecule has 2 heterocycles. The van der Waals surface area contributed by atoms with Crippen molar-refractivity contribution in [2.45, 2.75) is 25.7 Å². The van der Waals surface area contributed by atoms with Gasteiger partial charge in [0.05, 0.1) is 0 Å². The highest BCUT2D eigenvalue weighted by atomic mass is 15.1. The number of hydrogen-bond acceptors (Lipinski definition) is 1. The van der Waals surface area contributed by atoms with Crippen LogP contribution in [0.5, 0.6) is 0 Å². The molecule has 3 unspecified atom stereocenters. The predicted octanol–water partition coefficient (Wildman–Crippen LogP) is 1.74. The third-order valence-electron chi connectivity index (χ3n) is 4.00. The Kier molecular flexibility index (Phi) is 1.31. The first-order valence-electron chi connectivity index (χ1n) is 5.14. The van der Waals surface area contributed by atoms with Crippen molar-refractivity contribution in [3.05, 3.63) is 0 Å². The highest BCUT2D eigenvalue weighted by Gasteiger charge is 2.41. The van der Waals surface area contributed by atoms with Crippen molar-refractivity contribution in [3.63, 3.8) is 0 Å². The van der Waals surface area contributed by atoms with Crippen LogP contribution >= 0.6 is 0 Å². The van der Waals surface area contributed by atoms with Crippen LogP contribution in [0.1, 0.15) is 25.7 Å². The lowest BCUT2D eigenvalue weighted by Gasteiger charge is -2.30. The number of hydrogen-bond donors (Lipinski definition) is 0. The Balaban J connectivity index is 1.89. The Labute approximate surface area is 68.8 Å². The predicted molar refractivity (Wildman–Crippen MR) is 45.4 cm³/mol. The van der Waals surface area contributed by atoms with E-state index in [0.717, 1.165) is 17.8 Å². The van der Waals surface area contributed by atoms with Gasteiger partial charge in [-0.2, -0.15) is 0 Å². The summed E-state index contributed by atoms with van der Waals surface area (Å²) in [6.45, 7) is 4.29. The van der Waals surface area contributed by atoms with E-state index in [1.54, 1.807) is 12.8 Å². The SMILES string of the molecule is C1C[C@@H]2CC3CC2CN(C1)C3. The molecule has 0 aromatic rings. The molecular weight excluding hydrogens is 134 g/mol. The molecule has 4 atom stereocenters. The van der Waals surface area contributed by atoms with Gasteiger partial charge in [0.1, 0.15) is 0 Å². The average molecular weight is 151 g/mol. The van der Waals surface area contributed by atoms with Crippen LogP contribution in [0.15, 0.2) is 0 Å². The van der Waals surface area contributed by atoms with Crippen LogP contribution in [0, 0.1) is 17.8 Å². The first-order valence-corrected chi connectivity index (χ1v) is 5.14. The van der Waals surface area contributed by atoms with Gasteiger partial charge in [0.15, 0.2) is 0 Å². The summed E-state index contributed by atoms with van der Waals surface area (Å²) < 4.78 is 0. The largest absolute Gasteiger partial charge is 0.303 e. The van der Waals surface area contributed by atoms with E-state index in [-0.39, 0.29) is 0 Å². The van der Waals surface area contributed by atoms with E-state index in [4.69, 9.17) is 0 Å². The average Bonchev–Trinajstić information content (AvgIpc) is 2.17. The third-order valence-corrected chi connectivity index (χ3v) is 4.00. The zero-order valence-corrected chi connectivity index (χ0v) is 7.13. The molecule has 2 saturated heterocycles. The Morgan fingerprint density at radius 3 is 2.91 bits per heavy atom. The molecule has 3 rings (SSSR count). The van der Waals surface area contributed by atoms with E-state index in [0.29, 0.717) is 0 Å². The van der Waals surface area contributed by atoms with E-state index in [9.17, 15) is 0 Å². The van der Waals surface area contributed by atoms with Crippen molar-refractivity contribution < 1.29 is 0 Å². The maximum atomic E-state index is 2.71. The maximum absolute atomic E-state index is 2.71. The molecule has 62 valence electrons. The van der Waals surface area contributed by atoms with Crippen molar-refractivity contribution in [2.75, 3.05) is 19.6 Å². The Hall–Kier alpha value is -0.0400. The Morgan fingerprint density at radius 1 is 1.00 bits per heavy atom. The topological polar surface area (TPSA) is 3.24 Å². The fourth-order valence-electron chi connectivity index (χ4n) is 3.59. The summed E-state index contributed by atoms with van der Waals surface area (Å²) in [5, 5.41) is 0. The fraction of sp³-hybridized carbons (Fsp3) is 1.00. The van der Waals surface area contributed by atoms with E-state index in [1.165, 1.54) is 32.5 Å². The number of rotatable bonds is 0. The second kappa shape index (κ2) is 2.22. The second-order valence-electron chi connectivity index (χ2n) is 4.76. The molecule has 3 bridgehead atoms. The monoisotopic (exact) mass is 151 g/mol. The lowest BCUT2D eigenvalue weighted by atomic mass is 9.93. The normalized spacial score (nSPS) is 54.5. The van der Waals surface area contributed by atoms with Crippen molar-refractivity contribution in [1.82, 2.24) is 4.90 Å². The van der Waals surface area contributed by atoms with Crippen LogP contribution in [0.2, 0.25) is 0 Å². The van der Waals surface area contributed by atoms with Crippen molar-refractivity contribution >= 4 is 0 Å². The zero-order chi connectivity index (χ0) is 7.26. The minimum Gasteiger partial charge on any atom is -0.303 e. The van der Waals surface area contributed by atoms with Crippen LogP contribution in [0.25, 0.3) is 0 Å². The van der Waals surface area contributed by atoms with Crippen LogP contribution in [0.3, 0.4) is 0 Å². The Bertz CT molecular complexity index is 164. The third kappa shape index (κ3) is 0.936.